The maximum Gasteiger partial charge on any atom is 0.238 e. The van der Waals surface area contributed by atoms with Crippen LogP contribution in [0.2, 0.25) is 0 Å². The van der Waals surface area contributed by atoms with Crippen LogP contribution in [0.1, 0.15) is 65.7 Å². The molecule has 0 unspecified atom stereocenters. The molecule has 4 aliphatic carbocycles. The van der Waals surface area contributed by atoms with Gasteiger partial charge in [-0.15, -0.1) is 0 Å². The second-order valence-electron chi connectivity index (χ2n) is 10.9. The first-order valence-electron chi connectivity index (χ1n) is 11.7. The third-order valence-electron chi connectivity index (χ3n) is 9.45. The summed E-state index contributed by atoms with van der Waals surface area (Å²) in [5.41, 5.74) is -3.41. The molecule has 31 heavy (non-hydrogen) atoms. The van der Waals surface area contributed by atoms with Gasteiger partial charge in [0.2, 0.25) is 11.6 Å². The first kappa shape index (κ1) is 22.3. The van der Waals surface area contributed by atoms with E-state index in [-0.39, 0.29) is 29.7 Å². The number of allylic oxidation sites excluding steroid dienone is 1. The lowest BCUT2D eigenvalue weighted by molar-refractivity contribution is -0.439. The molecule has 4 fully saturated rings. The highest BCUT2D eigenvalue weighted by atomic mass is 32.2. The van der Waals surface area contributed by atoms with Crippen LogP contribution in [-0.2, 0) is 14.3 Å². The first-order chi connectivity index (χ1) is 14.6. The molecular weight excluding hydrogens is 422 g/mol. The maximum absolute atomic E-state index is 17.3. The van der Waals surface area contributed by atoms with Gasteiger partial charge in [0, 0.05) is 23.0 Å². The summed E-state index contributed by atoms with van der Waals surface area (Å²) in [7, 11) is 0. The number of fused-ring (bicyclic) bond motifs is 5. The molecule has 1 aliphatic heterocycles. The molecule has 3 saturated carbocycles. The summed E-state index contributed by atoms with van der Waals surface area (Å²) in [4.78, 5) is 12.9. The van der Waals surface area contributed by atoms with Gasteiger partial charge in [0.25, 0.3) is 0 Å². The van der Waals surface area contributed by atoms with Gasteiger partial charge in [0.05, 0.1) is 6.10 Å². The zero-order valence-electron chi connectivity index (χ0n) is 18.8. The van der Waals surface area contributed by atoms with Crippen molar-refractivity contribution < 1.29 is 28.2 Å². The lowest BCUT2D eigenvalue weighted by atomic mass is 9.44. The smallest absolute Gasteiger partial charge is 0.238 e. The van der Waals surface area contributed by atoms with E-state index >= 15 is 8.78 Å². The van der Waals surface area contributed by atoms with Crippen molar-refractivity contribution in [3.05, 3.63) is 11.6 Å². The Morgan fingerprint density at radius 2 is 1.97 bits per heavy atom. The Balaban J connectivity index is 1.56. The van der Waals surface area contributed by atoms with E-state index in [1.54, 1.807) is 18.7 Å². The van der Waals surface area contributed by atoms with Crippen molar-refractivity contribution in [1.82, 2.24) is 0 Å². The molecule has 1 N–H and O–H groups in total. The maximum atomic E-state index is 17.3. The fourth-order valence-corrected chi connectivity index (χ4v) is 9.15. The number of ether oxygens (including phenoxy) is 2. The summed E-state index contributed by atoms with van der Waals surface area (Å²) >= 11 is 1.77. The third kappa shape index (κ3) is 2.66. The summed E-state index contributed by atoms with van der Waals surface area (Å²) in [5.74, 6) is -2.56. The molecule has 1 saturated heterocycles. The molecule has 5 rings (SSSR count). The van der Waals surface area contributed by atoms with Crippen molar-refractivity contribution in [3.8, 4) is 0 Å². The van der Waals surface area contributed by atoms with Crippen LogP contribution in [0.15, 0.2) is 11.6 Å². The van der Waals surface area contributed by atoms with Crippen LogP contribution < -0.4 is 0 Å². The Morgan fingerprint density at radius 1 is 1.26 bits per heavy atom. The first-order valence-corrected chi connectivity index (χ1v) is 13.0. The Morgan fingerprint density at radius 3 is 2.61 bits per heavy atom. The second kappa shape index (κ2) is 7.00. The average molecular weight is 457 g/mol. The molecule has 0 bridgehead atoms. The van der Waals surface area contributed by atoms with Gasteiger partial charge in [-0.25, -0.2) is 8.78 Å². The predicted octanol–water partition coefficient (Wildman–Crippen LogP) is 4.74. The number of hydrogen-bond acceptors (Lipinski definition) is 5. The van der Waals surface area contributed by atoms with E-state index in [1.807, 2.05) is 6.92 Å². The topological polar surface area (TPSA) is 55.8 Å². The standard InChI is InChI=1S/C24H34F2O4S/c1-5-6-20-29-23(30-20)12-22(3)15(10-17(23)27)16(25)9-14-13-7-8-19(31-4)21(13,2)11-18(28)24(14,22)26/h10,13-14,16,18-20,28H,5-9,11-12H2,1-4H3/t13-,14-,16-,18-,19+,20?,21-,22-,23?,24-/m0/s1. The number of thioether (sulfide) groups is 1. The molecule has 5 aliphatic rings. The molecule has 7 heteroatoms. The Kier molecular flexibility index (Phi) is 5.04. The van der Waals surface area contributed by atoms with E-state index in [0.29, 0.717) is 18.1 Å². The van der Waals surface area contributed by atoms with Crippen LogP contribution >= 0.6 is 11.8 Å². The zero-order chi connectivity index (χ0) is 22.4. The van der Waals surface area contributed by atoms with Crippen LogP contribution in [-0.4, -0.2) is 52.4 Å². The van der Waals surface area contributed by atoms with Crippen LogP contribution in [0, 0.1) is 22.7 Å². The zero-order valence-corrected chi connectivity index (χ0v) is 19.6. The van der Waals surface area contributed by atoms with Gasteiger partial charge < -0.3 is 14.6 Å². The van der Waals surface area contributed by atoms with Crippen molar-refractivity contribution in [1.29, 1.82) is 0 Å². The Labute approximate surface area is 187 Å². The van der Waals surface area contributed by atoms with Crippen LogP contribution in [0.4, 0.5) is 8.78 Å². The van der Waals surface area contributed by atoms with E-state index in [9.17, 15) is 9.90 Å². The molecule has 0 aromatic rings. The fraction of sp³-hybridized carbons (Fsp3) is 0.875. The number of hydrogen-bond donors (Lipinski definition) is 1. The van der Waals surface area contributed by atoms with Crippen LogP contribution in [0.3, 0.4) is 0 Å². The normalized spacial score (nSPS) is 55.8. The van der Waals surface area contributed by atoms with Gasteiger partial charge in [0.1, 0.15) is 11.8 Å². The van der Waals surface area contributed by atoms with E-state index < -0.39 is 47.1 Å². The van der Waals surface area contributed by atoms with Crippen molar-refractivity contribution in [2.24, 2.45) is 22.7 Å². The number of rotatable bonds is 3. The molecule has 0 aromatic carbocycles. The van der Waals surface area contributed by atoms with E-state index in [2.05, 4.69) is 13.2 Å². The molecule has 1 heterocycles. The Hall–Kier alpha value is -0.500. The number of halogens is 2. The lowest BCUT2D eigenvalue weighted by Crippen LogP contribution is -2.73. The van der Waals surface area contributed by atoms with Crippen molar-refractivity contribution in [3.63, 3.8) is 0 Å². The van der Waals surface area contributed by atoms with E-state index in [1.165, 1.54) is 6.08 Å². The van der Waals surface area contributed by atoms with Crippen molar-refractivity contribution in [2.45, 2.75) is 101 Å². The second-order valence-corrected chi connectivity index (χ2v) is 11.9. The number of carbonyl (C=O) groups is 1. The van der Waals surface area contributed by atoms with Gasteiger partial charge in [-0.1, -0.05) is 27.2 Å². The largest absolute Gasteiger partial charge is 0.390 e. The van der Waals surface area contributed by atoms with Gasteiger partial charge in [-0.05, 0) is 61.3 Å². The summed E-state index contributed by atoms with van der Waals surface area (Å²) in [6.45, 7) is 5.82. The van der Waals surface area contributed by atoms with E-state index in [4.69, 9.17) is 9.47 Å². The third-order valence-corrected chi connectivity index (χ3v) is 10.8. The number of aliphatic hydroxyl groups is 1. The summed E-state index contributed by atoms with van der Waals surface area (Å²) in [6, 6.07) is 0. The highest BCUT2D eigenvalue weighted by Gasteiger charge is 2.75. The highest BCUT2D eigenvalue weighted by Crippen LogP contribution is 2.70. The fourth-order valence-electron chi connectivity index (χ4n) is 7.97. The predicted molar refractivity (Wildman–Crippen MR) is 115 cm³/mol. The average Bonchev–Trinajstić information content (AvgIpc) is 3.01. The molecule has 0 amide bonds. The van der Waals surface area contributed by atoms with Gasteiger partial charge in [-0.3, -0.25) is 4.79 Å². The Bertz CT molecular complexity index is 813. The summed E-state index contributed by atoms with van der Waals surface area (Å²) in [5, 5.41) is 11.7. The van der Waals surface area contributed by atoms with Gasteiger partial charge >= 0.3 is 0 Å². The number of aliphatic hydroxyl groups excluding tert-OH is 1. The molecule has 4 nitrogen and oxygen atoms in total. The van der Waals surface area contributed by atoms with Crippen LogP contribution in [0.25, 0.3) is 0 Å². The number of alkyl halides is 2. The minimum atomic E-state index is -2.02. The number of carbonyl (C=O) groups excluding carboxylic acids is 1. The molecule has 0 radical (unpaired) electrons. The summed E-state index contributed by atoms with van der Waals surface area (Å²) in [6.07, 6.45) is 3.80. The van der Waals surface area contributed by atoms with Crippen molar-refractivity contribution >= 4 is 17.5 Å². The SMILES string of the molecule is CCCC1OC2(C[C@@]3(C)C(=CC2=O)[C@@H](F)C[C@H]2[C@@H]4CC[C@@H](SC)[C@@]4(C)C[C@H](O)[C@@]23F)O1. The van der Waals surface area contributed by atoms with Crippen molar-refractivity contribution in [2.75, 3.05) is 6.26 Å². The molecule has 1 spiro atoms. The highest BCUT2D eigenvalue weighted by molar-refractivity contribution is 7.99. The van der Waals surface area contributed by atoms with Gasteiger partial charge in [-0.2, -0.15) is 11.8 Å². The quantitative estimate of drug-likeness (QED) is 0.665. The monoisotopic (exact) mass is 456 g/mol. The molecule has 8 atom stereocenters. The lowest BCUT2D eigenvalue weighted by Gasteiger charge is -2.65. The van der Waals surface area contributed by atoms with Crippen LogP contribution in [0.5, 0.6) is 0 Å². The molecule has 0 aromatic heterocycles. The van der Waals surface area contributed by atoms with Gasteiger partial charge in [0.15, 0.2) is 6.29 Å². The molecule has 174 valence electrons. The minimum Gasteiger partial charge on any atom is -0.390 e. The summed E-state index contributed by atoms with van der Waals surface area (Å²) < 4.78 is 44.7. The van der Waals surface area contributed by atoms with E-state index in [0.717, 1.165) is 19.3 Å². The molecular formula is C24H34F2O4S. The number of ketones is 1. The minimum absolute atomic E-state index is 0.0135.